The Balaban J connectivity index is 2.84. The highest BCUT2D eigenvalue weighted by molar-refractivity contribution is 7.92. The van der Waals surface area contributed by atoms with E-state index in [2.05, 4.69) is 0 Å². The number of alkyl halides is 3. The van der Waals surface area contributed by atoms with Crippen LogP contribution in [0.2, 0.25) is 0 Å². The van der Waals surface area contributed by atoms with Crippen LogP contribution < -0.4 is 0 Å². The van der Waals surface area contributed by atoms with E-state index in [4.69, 9.17) is 0 Å². The minimum Gasteiger partial charge on any atom is -0.341 e. The van der Waals surface area contributed by atoms with E-state index in [9.17, 15) is 26.4 Å². The van der Waals surface area contributed by atoms with Crippen LogP contribution in [0.1, 0.15) is 20.3 Å². The average Bonchev–Trinajstić information content (AvgIpc) is 2.62. The molecular weight excluding hydrogens is 271 g/mol. The van der Waals surface area contributed by atoms with Gasteiger partial charge in [-0.25, -0.2) is 8.42 Å². The molecule has 0 aromatic rings. The number of amides is 1. The Kier molecular flexibility index (Phi) is 3.73. The van der Waals surface area contributed by atoms with Crippen molar-refractivity contribution in [3.63, 3.8) is 0 Å². The minimum absolute atomic E-state index is 0.0536. The van der Waals surface area contributed by atoms with Gasteiger partial charge in [0.15, 0.2) is 9.84 Å². The summed E-state index contributed by atoms with van der Waals surface area (Å²) in [5.74, 6) is -2.33. The van der Waals surface area contributed by atoms with Gasteiger partial charge < -0.3 is 4.90 Å². The van der Waals surface area contributed by atoms with Crippen molar-refractivity contribution < 1.29 is 26.4 Å². The van der Waals surface area contributed by atoms with E-state index in [0.717, 1.165) is 11.2 Å². The quantitative estimate of drug-likeness (QED) is 0.767. The van der Waals surface area contributed by atoms with E-state index in [-0.39, 0.29) is 13.0 Å². The van der Waals surface area contributed by atoms with E-state index in [1.165, 1.54) is 13.8 Å². The molecule has 1 aliphatic rings. The maximum atomic E-state index is 12.5. The first kappa shape index (κ1) is 15.3. The molecule has 0 aromatic carbocycles. The zero-order valence-electron chi connectivity index (χ0n) is 10.4. The Labute approximate surface area is 104 Å². The summed E-state index contributed by atoms with van der Waals surface area (Å²) in [6, 6.07) is 0. The number of hydrogen-bond donors (Lipinski definition) is 0. The molecular formula is C10H16F3NO3S. The van der Waals surface area contributed by atoms with Crippen molar-refractivity contribution >= 4 is 15.7 Å². The second-order valence-electron chi connectivity index (χ2n) is 5.06. The fourth-order valence-electron chi connectivity index (χ4n) is 1.75. The van der Waals surface area contributed by atoms with Gasteiger partial charge in [0.1, 0.15) is 4.75 Å². The first-order valence-corrected chi connectivity index (χ1v) is 7.32. The highest BCUT2D eigenvalue weighted by Crippen LogP contribution is 2.34. The van der Waals surface area contributed by atoms with Crippen LogP contribution in [0.15, 0.2) is 0 Å². The van der Waals surface area contributed by atoms with Crippen LogP contribution in [0.25, 0.3) is 0 Å². The number of nitrogens with zero attached hydrogens (tertiary/aromatic N) is 1. The molecule has 1 rings (SSSR count). The third kappa shape index (κ3) is 2.78. The normalized spacial score (nSPS) is 22.3. The maximum absolute atomic E-state index is 12.5. The second kappa shape index (κ2) is 4.40. The molecule has 4 nitrogen and oxygen atoms in total. The lowest BCUT2D eigenvalue weighted by Gasteiger charge is -2.27. The summed E-state index contributed by atoms with van der Waals surface area (Å²) in [7, 11) is -3.66. The van der Waals surface area contributed by atoms with E-state index in [0.29, 0.717) is 0 Å². The average molecular weight is 287 g/mol. The molecule has 0 saturated carbocycles. The predicted octanol–water partition coefficient (Wildman–Crippen LogP) is 1.22. The van der Waals surface area contributed by atoms with Crippen molar-refractivity contribution in [3.8, 4) is 0 Å². The van der Waals surface area contributed by atoms with Crippen molar-refractivity contribution in [2.24, 2.45) is 5.92 Å². The number of halogens is 3. The van der Waals surface area contributed by atoms with E-state index >= 15 is 0 Å². The molecule has 1 saturated heterocycles. The maximum Gasteiger partial charge on any atom is 0.393 e. The Morgan fingerprint density at radius 3 is 2.11 bits per heavy atom. The summed E-state index contributed by atoms with van der Waals surface area (Å²) >= 11 is 0. The first-order chi connectivity index (χ1) is 7.87. The number of carbonyl (C=O) groups excluding carboxylic acids is 1. The predicted molar refractivity (Wildman–Crippen MR) is 59.7 cm³/mol. The summed E-state index contributed by atoms with van der Waals surface area (Å²) in [6.07, 6.45) is -3.61. The lowest BCUT2D eigenvalue weighted by Crippen LogP contribution is -2.49. The van der Waals surface area contributed by atoms with Crippen molar-refractivity contribution in [2.45, 2.75) is 31.2 Å². The molecule has 1 heterocycles. The standard InChI is InChI=1S/C10H16F3NO3S/c1-9(2,18(3,16)17)8(15)14-5-4-7(6-14)10(11,12)13/h7H,4-6H2,1-3H3. The fourth-order valence-corrected chi connectivity index (χ4v) is 2.20. The van der Waals surface area contributed by atoms with Crippen molar-refractivity contribution in [1.29, 1.82) is 0 Å². The molecule has 0 radical (unpaired) electrons. The highest BCUT2D eigenvalue weighted by Gasteiger charge is 2.48. The zero-order chi connectivity index (χ0) is 14.4. The monoisotopic (exact) mass is 287 g/mol. The van der Waals surface area contributed by atoms with Crippen molar-refractivity contribution in [1.82, 2.24) is 4.90 Å². The van der Waals surface area contributed by atoms with Gasteiger partial charge in [-0.1, -0.05) is 0 Å². The number of carbonyl (C=O) groups is 1. The van der Waals surface area contributed by atoms with Crippen LogP contribution in [0.3, 0.4) is 0 Å². The van der Waals surface area contributed by atoms with E-state index in [1.54, 1.807) is 0 Å². The molecule has 1 amide bonds. The molecule has 1 unspecified atom stereocenters. The number of hydrogen-bond acceptors (Lipinski definition) is 3. The molecule has 0 bridgehead atoms. The van der Waals surface area contributed by atoms with Crippen LogP contribution in [-0.4, -0.2) is 49.5 Å². The van der Waals surface area contributed by atoms with Crippen LogP contribution >= 0.6 is 0 Å². The third-order valence-corrected chi connectivity index (χ3v) is 5.41. The van der Waals surface area contributed by atoms with Crippen LogP contribution in [0, 0.1) is 5.92 Å². The van der Waals surface area contributed by atoms with Gasteiger partial charge in [0.2, 0.25) is 5.91 Å². The molecule has 8 heteroatoms. The largest absolute Gasteiger partial charge is 0.393 e. The van der Waals surface area contributed by atoms with Gasteiger partial charge in [0, 0.05) is 19.3 Å². The Bertz CT molecular complexity index is 442. The molecule has 18 heavy (non-hydrogen) atoms. The molecule has 1 atom stereocenters. The van der Waals surface area contributed by atoms with Crippen molar-refractivity contribution in [3.05, 3.63) is 0 Å². The molecule has 0 N–H and O–H groups in total. The summed E-state index contributed by atoms with van der Waals surface area (Å²) in [5, 5.41) is 0. The third-order valence-electron chi connectivity index (χ3n) is 3.38. The van der Waals surface area contributed by atoms with E-state index < -0.39 is 39.1 Å². The van der Waals surface area contributed by atoms with Crippen LogP contribution in [0.5, 0.6) is 0 Å². The summed E-state index contributed by atoms with van der Waals surface area (Å²) < 4.78 is 58.6. The summed E-state index contributed by atoms with van der Waals surface area (Å²) in [6.45, 7) is 1.92. The van der Waals surface area contributed by atoms with Gasteiger partial charge >= 0.3 is 6.18 Å². The topological polar surface area (TPSA) is 54.5 Å². The molecule has 1 aliphatic heterocycles. The van der Waals surface area contributed by atoms with Gasteiger partial charge in [-0.05, 0) is 20.3 Å². The lowest BCUT2D eigenvalue weighted by atomic mass is 10.1. The Morgan fingerprint density at radius 1 is 1.28 bits per heavy atom. The van der Waals surface area contributed by atoms with Crippen LogP contribution in [0.4, 0.5) is 13.2 Å². The molecule has 0 aromatic heterocycles. The number of rotatable bonds is 2. The number of likely N-dealkylation sites (tertiary alicyclic amines) is 1. The van der Waals surface area contributed by atoms with Gasteiger partial charge in [-0.3, -0.25) is 4.79 Å². The smallest absolute Gasteiger partial charge is 0.341 e. The van der Waals surface area contributed by atoms with Crippen LogP contribution in [-0.2, 0) is 14.6 Å². The Hall–Kier alpha value is -0.790. The fraction of sp³-hybridized carbons (Fsp3) is 0.900. The van der Waals surface area contributed by atoms with E-state index in [1.807, 2.05) is 0 Å². The lowest BCUT2D eigenvalue weighted by molar-refractivity contribution is -0.171. The SMILES string of the molecule is CC(C)(C(=O)N1CCC(C(F)(F)F)C1)S(C)(=O)=O. The molecule has 106 valence electrons. The first-order valence-electron chi connectivity index (χ1n) is 5.43. The minimum atomic E-state index is -4.34. The number of sulfone groups is 1. The summed E-state index contributed by atoms with van der Waals surface area (Å²) in [4.78, 5) is 13.0. The van der Waals surface area contributed by atoms with Gasteiger partial charge in [0.05, 0.1) is 5.92 Å². The molecule has 0 aliphatic carbocycles. The highest BCUT2D eigenvalue weighted by atomic mass is 32.2. The van der Waals surface area contributed by atoms with Gasteiger partial charge in [-0.15, -0.1) is 0 Å². The second-order valence-corrected chi connectivity index (χ2v) is 7.63. The molecule has 0 spiro atoms. The zero-order valence-corrected chi connectivity index (χ0v) is 11.2. The van der Waals surface area contributed by atoms with Crippen molar-refractivity contribution in [2.75, 3.05) is 19.3 Å². The Morgan fingerprint density at radius 2 is 1.78 bits per heavy atom. The van der Waals surface area contributed by atoms with Gasteiger partial charge in [-0.2, -0.15) is 13.2 Å². The molecule has 1 fully saturated rings. The van der Waals surface area contributed by atoms with Gasteiger partial charge in [0.25, 0.3) is 0 Å². The summed E-state index contributed by atoms with van der Waals surface area (Å²) in [5.41, 5.74) is 0.